The van der Waals surface area contributed by atoms with Crippen LogP contribution in [0.15, 0.2) is 65.8 Å². The number of fused-ring (bicyclic) bond motifs is 8. The van der Waals surface area contributed by atoms with Crippen molar-refractivity contribution >= 4 is 11.6 Å². The van der Waals surface area contributed by atoms with Gasteiger partial charge in [0.15, 0.2) is 6.04 Å². The average molecular weight is 312 g/mol. The van der Waals surface area contributed by atoms with Crippen molar-refractivity contribution in [3.63, 3.8) is 0 Å². The van der Waals surface area contributed by atoms with E-state index in [-0.39, 0.29) is 17.9 Å². The SMILES string of the molecule is [O-]C1=N[N+](=C2c3ccccc3-c3ccccc32)[C@H]2[C@@H]1[C@@H]1C=C[C@H]2C1. The van der Waals surface area contributed by atoms with Crippen molar-refractivity contribution in [3.05, 3.63) is 71.8 Å². The molecule has 1 aliphatic heterocycles. The highest BCUT2D eigenvalue weighted by Crippen LogP contribution is 2.49. The van der Waals surface area contributed by atoms with Crippen LogP contribution >= 0.6 is 0 Å². The fraction of sp³-hybridized carbons (Fsp3) is 0.238. The molecule has 2 bridgehead atoms. The molecular weight excluding hydrogens is 296 g/mol. The summed E-state index contributed by atoms with van der Waals surface area (Å²) in [7, 11) is 0. The molecule has 1 saturated carbocycles. The third kappa shape index (κ3) is 1.39. The largest absolute Gasteiger partial charge is 0.857 e. The zero-order valence-corrected chi connectivity index (χ0v) is 13.1. The molecule has 1 fully saturated rings. The first-order chi connectivity index (χ1) is 11.8. The van der Waals surface area contributed by atoms with Gasteiger partial charge in [0.1, 0.15) is 0 Å². The van der Waals surface area contributed by atoms with Crippen LogP contribution in [0.25, 0.3) is 11.1 Å². The second-order valence-electron chi connectivity index (χ2n) is 7.19. The molecule has 116 valence electrons. The van der Waals surface area contributed by atoms with Crippen LogP contribution in [-0.4, -0.2) is 22.3 Å². The van der Waals surface area contributed by atoms with Gasteiger partial charge >= 0.3 is 0 Å². The van der Waals surface area contributed by atoms with E-state index in [4.69, 9.17) is 0 Å². The van der Waals surface area contributed by atoms with Crippen LogP contribution in [0.3, 0.4) is 0 Å². The van der Waals surface area contributed by atoms with Gasteiger partial charge in [-0.2, -0.15) is 0 Å². The number of allylic oxidation sites excluding steroid dienone is 1. The van der Waals surface area contributed by atoms with Crippen LogP contribution in [0.4, 0.5) is 0 Å². The highest BCUT2D eigenvalue weighted by molar-refractivity contribution is 6.22. The molecule has 2 aromatic rings. The summed E-state index contributed by atoms with van der Waals surface area (Å²) in [6.45, 7) is 0. The second kappa shape index (κ2) is 4.23. The molecular formula is C21H16N2O. The predicted octanol–water partition coefficient (Wildman–Crippen LogP) is 2.40. The monoisotopic (exact) mass is 312 g/mol. The van der Waals surface area contributed by atoms with Gasteiger partial charge in [0.25, 0.3) is 0 Å². The third-order valence-corrected chi connectivity index (χ3v) is 6.08. The van der Waals surface area contributed by atoms with Crippen LogP contribution in [0.5, 0.6) is 0 Å². The fourth-order valence-electron chi connectivity index (χ4n) is 5.14. The highest BCUT2D eigenvalue weighted by atomic mass is 16.3. The van der Waals surface area contributed by atoms with Crippen molar-refractivity contribution < 1.29 is 9.79 Å². The van der Waals surface area contributed by atoms with Crippen molar-refractivity contribution in [1.82, 2.24) is 0 Å². The Hall–Kier alpha value is -2.68. The normalized spacial score (nSPS) is 31.2. The third-order valence-electron chi connectivity index (χ3n) is 6.08. The Morgan fingerprint density at radius 3 is 2.08 bits per heavy atom. The van der Waals surface area contributed by atoms with Gasteiger partial charge in [0.2, 0.25) is 5.71 Å². The van der Waals surface area contributed by atoms with Crippen LogP contribution in [0.2, 0.25) is 0 Å². The summed E-state index contributed by atoms with van der Waals surface area (Å²) >= 11 is 0. The quantitative estimate of drug-likeness (QED) is 0.464. The molecule has 24 heavy (non-hydrogen) atoms. The fourth-order valence-corrected chi connectivity index (χ4v) is 5.14. The van der Waals surface area contributed by atoms with Gasteiger partial charge < -0.3 is 5.11 Å². The smallest absolute Gasteiger partial charge is 0.247 e. The molecule has 3 nitrogen and oxygen atoms in total. The minimum Gasteiger partial charge on any atom is -0.857 e. The van der Waals surface area contributed by atoms with Gasteiger partial charge in [-0.15, -0.1) is 0 Å². The van der Waals surface area contributed by atoms with E-state index in [0.717, 1.165) is 12.1 Å². The molecule has 0 saturated heterocycles. The molecule has 4 atom stereocenters. The van der Waals surface area contributed by atoms with Crippen LogP contribution in [0, 0.1) is 17.8 Å². The molecule has 4 aliphatic rings. The highest BCUT2D eigenvalue weighted by Gasteiger charge is 2.56. The second-order valence-corrected chi connectivity index (χ2v) is 7.19. The lowest BCUT2D eigenvalue weighted by Gasteiger charge is -2.19. The van der Waals surface area contributed by atoms with Gasteiger partial charge in [-0.25, -0.2) is 0 Å². The Morgan fingerprint density at radius 1 is 0.833 bits per heavy atom. The van der Waals surface area contributed by atoms with Crippen LogP contribution < -0.4 is 5.11 Å². The number of hydrazone groups is 1. The Morgan fingerprint density at radius 2 is 1.42 bits per heavy atom. The van der Waals surface area contributed by atoms with Gasteiger partial charge in [0.05, 0.1) is 17.0 Å². The Kier molecular flexibility index (Phi) is 2.24. The van der Waals surface area contributed by atoms with E-state index in [1.54, 1.807) is 0 Å². The maximum Gasteiger partial charge on any atom is 0.247 e. The number of benzene rings is 2. The zero-order chi connectivity index (χ0) is 15.8. The predicted molar refractivity (Wildman–Crippen MR) is 90.8 cm³/mol. The average Bonchev–Trinajstić information content (AvgIpc) is 3.35. The van der Waals surface area contributed by atoms with E-state index in [1.165, 1.54) is 22.3 Å². The number of nitrogens with zero attached hydrogens (tertiary/aromatic N) is 2. The molecule has 0 amide bonds. The zero-order valence-electron chi connectivity index (χ0n) is 13.1. The van der Waals surface area contributed by atoms with Gasteiger partial charge in [0, 0.05) is 11.8 Å². The van der Waals surface area contributed by atoms with E-state index in [0.29, 0.717) is 11.8 Å². The lowest BCUT2D eigenvalue weighted by Crippen LogP contribution is -2.37. The molecule has 6 rings (SSSR count). The maximum absolute atomic E-state index is 12.6. The maximum atomic E-state index is 12.6. The molecule has 1 heterocycles. The molecule has 3 heteroatoms. The summed E-state index contributed by atoms with van der Waals surface area (Å²) in [5.74, 6) is 0.940. The van der Waals surface area contributed by atoms with Crippen molar-refractivity contribution in [2.75, 3.05) is 0 Å². The van der Waals surface area contributed by atoms with Crippen molar-refractivity contribution in [2.45, 2.75) is 12.5 Å². The van der Waals surface area contributed by atoms with Crippen LogP contribution in [0.1, 0.15) is 17.5 Å². The molecule has 0 spiro atoms. The van der Waals surface area contributed by atoms with E-state index < -0.39 is 0 Å². The Labute approximate surface area is 140 Å². The summed E-state index contributed by atoms with van der Waals surface area (Å²) in [6, 6.07) is 17.1. The number of rotatable bonds is 0. The molecule has 3 aliphatic carbocycles. The summed E-state index contributed by atoms with van der Waals surface area (Å²) in [4.78, 5) is 0. The first-order valence-electron chi connectivity index (χ1n) is 8.62. The van der Waals surface area contributed by atoms with Crippen molar-refractivity contribution in [2.24, 2.45) is 22.9 Å². The van der Waals surface area contributed by atoms with E-state index >= 15 is 0 Å². The summed E-state index contributed by atoms with van der Waals surface area (Å²) in [5, 5.41) is 17.1. The lowest BCUT2D eigenvalue weighted by atomic mass is 9.89. The lowest BCUT2D eigenvalue weighted by molar-refractivity contribution is -0.569. The topological polar surface area (TPSA) is 38.4 Å². The summed E-state index contributed by atoms with van der Waals surface area (Å²) < 4.78 is 2.06. The number of hydrogen-bond donors (Lipinski definition) is 0. The molecule has 0 aromatic heterocycles. The first kappa shape index (κ1) is 12.7. The molecule has 2 aromatic carbocycles. The number of hydrogen-bond acceptors (Lipinski definition) is 2. The van der Waals surface area contributed by atoms with Gasteiger partial charge in [-0.1, -0.05) is 53.2 Å². The summed E-state index contributed by atoms with van der Waals surface area (Å²) in [5.41, 5.74) is 5.99. The van der Waals surface area contributed by atoms with Crippen molar-refractivity contribution in [3.8, 4) is 11.1 Å². The minimum atomic E-state index is 0.0485. The van der Waals surface area contributed by atoms with Gasteiger partial charge in [-0.05, 0) is 40.7 Å². The van der Waals surface area contributed by atoms with Crippen molar-refractivity contribution in [1.29, 1.82) is 0 Å². The van der Waals surface area contributed by atoms with E-state index in [1.807, 2.05) is 0 Å². The Balaban J connectivity index is 1.67. The Bertz CT molecular complexity index is 937. The van der Waals surface area contributed by atoms with Gasteiger partial charge in [-0.3, -0.25) is 0 Å². The van der Waals surface area contributed by atoms with E-state index in [9.17, 15) is 5.11 Å². The first-order valence-corrected chi connectivity index (χ1v) is 8.62. The molecule has 0 N–H and O–H groups in total. The molecule has 0 radical (unpaired) electrons. The minimum absolute atomic E-state index is 0.0485. The summed E-state index contributed by atoms with van der Waals surface area (Å²) in [6.07, 6.45) is 5.62. The standard InChI is InChI=1S/C21H16N2O/c24-21-18-12-9-10-13(11-12)19(18)23(22-21)20-16-7-3-1-5-14(16)15-6-2-4-8-17(15)20/h1-10,12-13,18-19H,11H2/t12-,13+,18+,19-/m1/s1. The van der Waals surface area contributed by atoms with E-state index in [2.05, 4.69) is 70.5 Å². The van der Waals surface area contributed by atoms with Crippen LogP contribution in [-0.2, 0) is 0 Å². The molecule has 0 unspecified atom stereocenters.